The van der Waals surface area contributed by atoms with E-state index in [2.05, 4.69) is 20.2 Å². The molecule has 0 spiro atoms. The van der Waals surface area contributed by atoms with E-state index in [1.165, 1.54) is 12.8 Å². The van der Waals surface area contributed by atoms with Crippen molar-refractivity contribution in [3.63, 3.8) is 0 Å². The van der Waals surface area contributed by atoms with E-state index >= 15 is 0 Å². The topological polar surface area (TPSA) is 50.3 Å². The zero-order valence-corrected chi connectivity index (χ0v) is 11.4. The van der Waals surface area contributed by atoms with E-state index in [4.69, 9.17) is 16.3 Å². The van der Waals surface area contributed by atoms with Gasteiger partial charge in [0.05, 0.1) is 19.0 Å². The maximum atomic E-state index is 5.89. The summed E-state index contributed by atoms with van der Waals surface area (Å²) in [6.45, 7) is 3.48. The van der Waals surface area contributed by atoms with Crippen molar-refractivity contribution in [1.29, 1.82) is 0 Å². The zero-order chi connectivity index (χ0) is 12.8. The summed E-state index contributed by atoms with van der Waals surface area (Å²) < 4.78 is 5.15. The van der Waals surface area contributed by atoms with Gasteiger partial charge in [-0.05, 0) is 19.4 Å². The molecule has 1 aromatic heterocycles. The third kappa shape index (κ3) is 3.80. The number of nitrogens with zero attached hydrogens (tertiary/aromatic N) is 3. The van der Waals surface area contributed by atoms with Gasteiger partial charge in [0.2, 0.25) is 0 Å². The predicted octanol–water partition coefficient (Wildman–Crippen LogP) is 1.33. The second-order valence-corrected chi connectivity index (χ2v) is 4.82. The van der Waals surface area contributed by atoms with Crippen molar-refractivity contribution >= 4 is 17.4 Å². The van der Waals surface area contributed by atoms with Crippen molar-refractivity contribution in [3.05, 3.63) is 17.5 Å². The van der Waals surface area contributed by atoms with Gasteiger partial charge < -0.3 is 15.0 Å². The monoisotopic (exact) mass is 270 g/mol. The smallest absolute Gasteiger partial charge is 0.149 e. The Morgan fingerprint density at radius 3 is 3.11 bits per heavy atom. The lowest BCUT2D eigenvalue weighted by Gasteiger charge is -2.26. The SMILES string of the molecule is COCCN(CC1CCCN1)c1cncc(Cl)n1. The predicted molar refractivity (Wildman–Crippen MR) is 72.2 cm³/mol. The summed E-state index contributed by atoms with van der Waals surface area (Å²) >= 11 is 5.89. The maximum absolute atomic E-state index is 5.89. The van der Waals surface area contributed by atoms with E-state index in [9.17, 15) is 0 Å². The Morgan fingerprint density at radius 1 is 1.56 bits per heavy atom. The minimum absolute atomic E-state index is 0.425. The van der Waals surface area contributed by atoms with Crippen molar-refractivity contribution in [2.45, 2.75) is 18.9 Å². The molecule has 1 aliphatic rings. The van der Waals surface area contributed by atoms with Crippen molar-refractivity contribution in [3.8, 4) is 0 Å². The third-order valence-corrected chi connectivity index (χ3v) is 3.27. The zero-order valence-electron chi connectivity index (χ0n) is 10.6. The molecule has 1 fully saturated rings. The fourth-order valence-corrected chi connectivity index (χ4v) is 2.31. The number of ether oxygens (including phenoxy) is 1. The van der Waals surface area contributed by atoms with Crippen LogP contribution in [0.25, 0.3) is 0 Å². The highest BCUT2D eigenvalue weighted by molar-refractivity contribution is 6.29. The number of anilines is 1. The summed E-state index contributed by atoms with van der Waals surface area (Å²) in [5, 5.41) is 3.91. The summed E-state index contributed by atoms with van der Waals surface area (Å²) in [4.78, 5) is 10.6. The fraction of sp³-hybridized carbons (Fsp3) is 0.667. The first-order valence-corrected chi connectivity index (χ1v) is 6.62. The van der Waals surface area contributed by atoms with Gasteiger partial charge in [0, 0.05) is 26.2 Å². The molecule has 2 heterocycles. The van der Waals surface area contributed by atoms with Crippen LogP contribution in [-0.4, -0.2) is 49.4 Å². The highest BCUT2D eigenvalue weighted by Crippen LogP contribution is 2.15. The summed E-state index contributed by atoms with van der Waals surface area (Å²) in [6, 6.07) is 0.516. The molecule has 18 heavy (non-hydrogen) atoms. The molecule has 100 valence electrons. The van der Waals surface area contributed by atoms with Crippen LogP contribution >= 0.6 is 11.6 Å². The quantitative estimate of drug-likeness (QED) is 0.845. The van der Waals surface area contributed by atoms with E-state index in [0.29, 0.717) is 17.8 Å². The molecule has 0 aromatic carbocycles. The fourth-order valence-electron chi connectivity index (χ4n) is 2.16. The van der Waals surface area contributed by atoms with Gasteiger partial charge >= 0.3 is 0 Å². The molecule has 5 nitrogen and oxygen atoms in total. The maximum Gasteiger partial charge on any atom is 0.149 e. The van der Waals surface area contributed by atoms with Gasteiger partial charge in [-0.2, -0.15) is 0 Å². The average molecular weight is 271 g/mol. The second-order valence-electron chi connectivity index (χ2n) is 4.43. The Balaban J connectivity index is 2.03. The Bertz CT molecular complexity index is 371. The number of nitrogens with one attached hydrogen (secondary N) is 1. The second kappa shape index (κ2) is 6.87. The van der Waals surface area contributed by atoms with Crippen LogP contribution < -0.4 is 10.2 Å². The van der Waals surface area contributed by atoms with Crippen LogP contribution in [0.4, 0.5) is 5.82 Å². The van der Waals surface area contributed by atoms with Gasteiger partial charge in [0.25, 0.3) is 0 Å². The van der Waals surface area contributed by atoms with Gasteiger partial charge in [-0.3, -0.25) is 4.98 Å². The van der Waals surface area contributed by atoms with E-state index in [1.54, 1.807) is 19.5 Å². The van der Waals surface area contributed by atoms with Crippen molar-refractivity contribution in [2.75, 3.05) is 38.3 Å². The van der Waals surface area contributed by atoms with Gasteiger partial charge in [0.1, 0.15) is 11.0 Å². The average Bonchev–Trinajstić information content (AvgIpc) is 2.87. The Kier molecular flexibility index (Phi) is 5.16. The van der Waals surface area contributed by atoms with Crippen LogP contribution in [0, 0.1) is 0 Å². The van der Waals surface area contributed by atoms with Crippen LogP contribution in [0.2, 0.25) is 5.15 Å². The Hall–Kier alpha value is -0.910. The summed E-state index contributed by atoms with van der Waals surface area (Å²) in [5.74, 6) is 0.813. The van der Waals surface area contributed by atoms with E-state index in [0.717, 1.165) is 25.5 Å². The van der Waals surface area contributed by atoms with Crippen LogP contribution in [-0.2, 0) is 4.74 Å². The molecule has 0 radical (unpaired) electrons. The van der Waals surface area contributed by atoms with Gasteiger partial charge in [-0.15, -0.1) is 0 Å². The van der Waals surface area contributed by atoms with E-state index in [1.807, 2.05) is 0 Å². The van der Waals surface area contributed by atoms with Gasteiger partial charge in [0.15, 0.2) is 0 Å². The normalized spacial score (nSPS) is 19.1. The highest BCUT2D eigenvalue weighted by Gasteiger charge is 2.19. The lowest BCUT2D eigenvalue weighted by atomic mass is 10.2. The number of hydrogen-bond acceptors (Lipinski definition) is 5. The highest BCUT2D eigenvalue weighted by atomic mass is 35.5. The van der Waals surface area contributed by atoms with Crippen molar-refractivity contribution < 1.29 is 4.74 Å². The summed E-state index contributed by atoms with van der Waals surface area (Å²) in [7, 11) is 1.70. The molecule has 0 bridgehead atoms. The minimum Gasteiger partial charge on any atom is -0.383 e. The van der Waals surface area contributed by atoms with E-state index < -0.39 is 0 Å². The third-order valence-electron chi connectivity index (χ3n) is 3.08. The lowest BCUT2D eigenvalue weighted by molar-refractivity contribution is 0.204. The van der Waals surface area contributed by atoms with Crippen molar-refractivity contribution in [1.82, 2.24) is 15.3 Å². The molecule has 0 aliphatic carbocycles. The molecule has 1 saturated heterocycles. The molecule has 1 aliphatic heterocycles. The standard InChI is InChI=1S/C12H19ClN4O/c1-18-6-5-17(9-10-3-2-4-15-10)12-8-14-7-11(13)16-12/h7-8,10,15H,2-6,9H2,1H3. The lowest BCUT2D eigenvalue weighted by Crippen LogP contribution is -2.39. The molecular formula is C12H19ClN4O. The largest absolute Gasteiger partial charge is 0.383 e. The van der Waals surface area contributed by atoms with Crippen LogP contribution in [0.3, 0.4) is 0 Å². The first-order valence-electron chi connectivity index (χ1n) is 6.24. The number of aromatic nitrogens is 2. The molecule has 1 N–H and O–H groups in total. The van der Waals surface area contributed by atoms with E-state index in [-0.39, 0.29) is 0 Å². The number of halogens is 1. The first-order chi connectivity index (χ1) is 8.79. The molecule has 0 amide bonds. The number of methoxy groups -OCH3 is 1. The first kappa shape index (κ1) is 13.5. The summed E-state index contributed by atoms with van der Waals surface area (Å²) in [5.41, 5.74) is 0. The van der Waals surface area contributed by atoms with Crippen molar-refractivity contribution in [2.24, 2.45) is 0 Å². The summed E-state index contributed by atoms with van der Waals surface area (Å²) in [6.07, 6.45) is 5.74. The van der Waals surface area contributed by atoms with Crippen LogP contribution in [0.15, 0.2) is 12.4 Å². The molecule has 2 rings (SSSR count). The van der Waals surface area contributed by atoms with Gasteiger partial charge in [-0.1, -0.05) is 11.6 Å². The molecule has 1 aromatic rings. The number of hydrogen-bond donors (Lipinski definition) is 1. The van der Waals surface area contributed by atoms with Crippen LogP contribution in [0.1, 0.15) is 12.8 Å². The number of rotatable bonds is 6. The molecule has 6 heteroatoms. The molecular weight excluding hydrogens is 252 g/mol. The Morgan fingerprint density at radius 2 is 2.44 bits per heavy atom. The molecule has 1 atom stereocenters. The Labute approximate surface area is 113 Å². The van der Waals surface area contributed by atoms with Gasteiger partial charge in [-0.25, -0.2) is 4.98 Å². The molecule has 1 unspecified atom stereocenters. The minimum atomic E-state index is 0.425. The molecule has 0 saturated carbocycles. The van der Waals surface area contributed by atoms with Crippen LogP contribution in [0.5, 0.6) is 0 Å².